The summed E-state index contributed by atoms with van der Waals surface area (Å²) in [6, 6.07) is 14.4. The van der Waals surface area contributed by atoms with E-state index in [1.165, 1.54) is 24.3 Å². The van der Waals surface area contributed by atoms with Crippen LogP contribution in [0.3, 0.4) is 0 Å². The van der Waals surface area contributed by atoms with Crippen LogP contribution >= 0.6 is 0 Å². The predicted molar refractivity (Wildman–Crippen MR) is 103 cm³/mol. The summed E-state index contributed by atoms with van der Waals surface area (Å²) in [5, 5.41) is 13.6. The third kappa shape index (κ3) is 3.30. The normalized spacial score (nSPS) is 10.8. The zero-order chi connectivity index (χ0) is 19.7. The molecule has 0 spiro atoms. The van der Waals surface area contributed by atoms with Gasteiger partial charge in [-0.05, 0) is 48.9 Å². The van der Waals surface area contributed by atoms with Crippen molar-refractivity contribution in [2.75, 3.05) is 5.32 Å². The lowest BCUT2D eigenvalue weighted by atomic mass is 10.1. The Bertz CT molecular complexity index is 1170. The van der Waals surface area contributed by atoms with Crippen LogP contribution in [0.25, 0.3) is 22.7 Å². The largest absolute Gasteiger partial charge is 0.434 e. The number of rotatable bonds is 4. The number of pyridine rings is 1. The molecule has 4 aromatic rings. The third-order valence-electron chi connectivity index (χ3n) is 4.24. The number of anilines is 1. The van der Waals surface area contributed by atoms with Crippen LogP contribution in [0.5, 0.6) is 0 Å². The van der Waals surface area contributed by atoms with Crippen molar-refractivity contribution in [2.24, 2.45) is 0 Å². The number of nitro benzene ring substituents is 1. The highest BCUT2D eigenvalue weighted by atomic mass is 16.6. The second kappa shape index (κ2) is 6.92. The molecule has 1 amide bonds. The van der Waals surface area contributed by atoms with Gasteiger partial charge in [0.15, 0.2) is 11.2 Å². The van der Waals surface area contributed by atoms with Crippen molar-refractivity contribution in [3.05, 3.63) is 82.0 Å². The molecule has 0 aliphatic carbocycles. The second-order valence-electron chi connectivity index (χ2n) is 6.13. The number of hydrogen-bond donors (Lipinski definition) is 1. The van der Waals surface area contributed by atoms with Crippen molar-refractivity contribution < 1.29 is 14.1 Å². The highest BCUT2D eigenvalue weighted by molar-refractivity contribution is 6.05. The van der Waals surface area contributed by atoms with Crippen molar-refractivity contribution in [3.8, 4) is 11.5 Å². The van der Waals surface area contributed by atoms with Gasteiger partial charge in [-0.2, -0.15) is 4.98 Å². The molecule has 8 heteroatoms. The maximum atomic E-state index is 12.5. The number of non-ortho nitro benzene ring substituents is 1. The summed E-state index contributed by atoms with van der Waals surface area (Å²) in [6.07, 6.45) is 1.64. The molecule has 1 N–H and O–H groups in total. The number of aromatic nitrogens is 2. The molecule has 0 saturated carbocycles. The van der Waals surface area contributed by atoms with Crippen molar-refractivity contribution in [3.63, 3.8) is 0 Å². The second-order valence-corrected chi connectivity index (χ2v) is 6.13. The van der Waals surface area contributed by atoms with E-state index in [1.807, 2.05) is 19.1 Å². The molecule has 0 unspecified atom stereocenters. The van der Waals surface area contributed by atoms with E-state index in [-0.39, 0.29) is 11.6 Å². The Morgan fingerprint density at radius 1 is 1.14 bits per heavy atom. The fourth-order valence-electron chi connectivity index (χ4n) is 2.71. The Morgan fingerprint density at radius 3 is 2.64 bits per heavy atom. The Balaban J connectivity index is 1.61. The number of nitrogens with zero attached hydrogens (tertiary/aromatic N) is 3. The van der Waals surface area contributed by atoms with Gasteiger partial charge < -0.3 is 9.73 Å². The van der Waals surface area contributed by atoms with Crippen LogP contribution in [0.4, 0.5) is 11.4 Å². The lowest BCUT2D eigenvalue weighted by Crippen LogP contribution is -2.12. The van der Waals surface area contributed by atoms with E-state index in [0.29, 0.717) is 33.9 Å². The molecule has 0 aliphatic heterocycles. The van der Waals surface area contributed by atoms with Gasteiger partial charge in [0.05, 0.1) is 4.92 Å². The minimum absolute atomic E-state index is 0.0701. The van der Waals surface area contributed by atoms with E-state index < -0.39 is 4.92 Å². The number of carbonyl (C=O) groups is 1. The fourth-order valence-corrected chi connectivity index (χ4v) is 2.71. The van der Waals surface area contributed by atoms with Crippen LogP contribution in [0.15, 0.2) is 65.2 Å². The number of amides is 1. The SMILES string of the molecule is Cc1ccc(-c2nc3ncccc3o2)cc1NC(=O)c1ccc([N+](=O)[O-])cc1. The summed E-state index contributed by atoms with van der Waals surface area (Å²) in [6.45, 7) is 1.86. The Labute approximate surface area is 159 Å². The molecule has 0 aliphatic rings. The number of fused-ring (bicyclic) bond motifs is 1. The van der Waals surface area contributed by atoms with Crippen LogP contribution in [-0.4, -0.2) is 20.8 Å². The first-order chi connectivity index (χ1) is 13.5. The maximum absolute atomic E-state index is 12.5. The van der Waals surface area contributed by atoms with Gasteiger partial charge in [-0.3, -0.25) is 14.9 Å². The van der Waals surface area contributed by atoms with Crippen molar-refractivity contribution >= 4 is 28.5 Å². The van der Waals surface area contributed by atoms with Gasteiger partial charge in [0.25, 0.3) is 11.6 Å². The molecule has 2 aromatic carbocycles. The Morgan fingerprint density at radius 2 is 1.93 bits per heavy atom. The van der Waals surface area contributed by atoms with E-state index in [2.05, 4.69) is 15.3 Å². The quantitative estimate of drug-likeness (QED) is 0.420. The third-order valence-corrected chi connectivity index (χ3v) is 4.24. The summed E-state index contributed by atoms with van der Waals surface area (Å²) < 4.78 is 5.72. The van der Waals surface area contributed by atoms with Gasteiger partial charge in [-0.25, -0.2) is 4.98 Å². The van der Waals surface area contributed by atoms with Gasteiger partial charge >= 0.3 is 0 Å². The van der Waals surface area contributed by atoms with Crippen molar-refractivity contribution in [1.82, 2.24) is 9.97 Å². The van der Waals surface area contributed by atoms with Gasteiger partial charge in [0.2, 0.25) is 5.89 Å². The van der Waals surface area contributed by atoms with Gasteiger partial charge in [-0.1, -0.05) is 6.07 Å². The number of aryl methyl sites for hydroxylation is 1. The average molecular weight is 374 g/mol. The topological polar surface area (TPSA) is 111 Å². The number of nitro groups is 1. The Kier molecular flexibility index (Phi) is 4.29. The lowest BCUT2D eigenvalue weighted by molar-refractivity contribution is -0.384. The molecule has 8 nitrogen and oxygen atoms in total. The zero-order valence-corrected chi connectivity index (χ0v) is 14.7. The van der Waals surface area contributed by atoms with Crippen molar-refractivity contribution in [1.29, 1.82) is 0 Å². The molecule has 0 bridgehead atoms. The van der Waals surface area contributed by atoms with Crippen LogP contribution < -0.4 is 5.32 Å². The molecule has 28 heavy (non-hydrogen) atoms. The number of carbonyl (C=O) groups excluding carboxylic acids is 1. The summed E-state index contributed by atoms with van der Waals surface area (Å²) in [5.74, 6) is 0.0360. The monoisotopic (exact) mass is 374 g/mol. The molecule has 0 atom stereocenters. The molecule has 0 radical (unpaired) electrons. The molecule has 4 rings (SSSR count). The predicted octanol–water partition coefficient (Wildman–Crippen LogP) is 4.36. The van der Waals surface area contributed by atoms with Crippen molar-refractivity contribution in [2.45, 2.75) is 6.92 Å². The summed E-state index contributed by atoms with van der Waals surface area (Å²) in [5.41, 5.74) is 3.48. The molecular formula is C20H14N4O4. The van der Waals surface area contributed by atoms with E-state index in [4.69, 9.17) is 4.42 Å². The van der Waals surface area contributed by atoms with Gasteiger partial charge in [0, 0.05) is 35.1 Å². The first kappa shape index (κ1) is 17.3. The number of benzene rings is 2. The molecule has 2 aromatic heterocycles. The minimum atomic E-state index is -0.509. The lowest BCUT2D eigenvalue weighted by Gasteiger charge is -2.09. The summed E-state index contributed by atoms with van der Waals surface area (Å²) in [7, 11) is 0. The molecule has 0 fully saturated rings. The highest BCUT2D eigenvalue weighted by Crippen LogP contribution is 2.27. The number of hydrogen-bond acceptors (Lipinski definition) is 6. The average Bonchev–Trinajstić information content (AvgIpc) is 3.14. The maximum Gasteiger partial charge on any atom is 0.269 e. The number of oxazole rings is 1. The summed E-state index contributed by atoms with van der Waals surface area (Å²) >= 11 is 0. The molecule has 138 valence electrons. The molecule has 0 saturated heterocycles. The van der Waals surface area contributed by atoms with Crippen LogP contribution in [0, 0.1) is 17.0 Å². The first-order valence-electron chi connectivity index (χ1n) is 8.39. The fraction of sp³-hybridized carbons (Fsp3) is 0.0500. The van der Waals surface area contributed by atoms with E-state index in [0.717, 1.165) is 5.56 Å². The van der Waals surface area contributed by atoms with Gasteiger partial charge in [0.1, 0.15) is 0 Å². The van der Waals surface area contributed by atoms with E-state index in [1.54, 1.807) is 24.4 Å². The van der Waals surface area contributed by atoms with E-state index in [9.17, 15) is 14.9 Å². The number of nitrogens with one attached hydrogen (secondary N) is 1. The summed E-state index contributed by atoms with van der Waals surface area (Å²) in [4.78, 5) is 31.3. The van der Waals surface area contributed by atoms with Crippen LogP contribution in [0.2, 0.25) is 0 Å². The highest BCUT2D eigenvalue weighted by Gasteiger charge is 2.14. The standard InChI is InChI=1S/C20H14N4O4/c1-12-4-5-14(20-23-18-17(28-20)3-2-10-21-18)11-16(12)22-19(25)13-6-8-15(9-7-13)24(26)27/h2-11H,1H3,(H,22,25). The first-order valence-corrected chi connectivity index (χ1v) is 8.39. The molecule has 2 heterocycles. The zero-order valence-electron chi connectivity index (χ0n) is 14.7. The van der Waals surface area contributed by atoms with Crippen LogP contribution in [0.1, 0.15) is 15.9 Å². The van der Waals surface area contributed by atoms with Gasteiger partial charge in [-0.15, -0.1) is 0 Å². The Hall–Kier alpha value is -4.07. The smallest absolute Gasteiger partial charge is 0.269 e. The molecular weight excluding hydrogens is 360 g/mol. The van der Waals surface area contributed by atoms with Crippen LogP contribution in [-0.2, 0) is 0 Å². The minimum Gasteiger partial charge on any atom is -0.434 e. The van der Waals surface area contributed by atoms with E-state index >= 15 is 0 Å².